The molecule has 1 aromatic carbocycles. The standard InChI is InChI=1S/C11H14N2O4S/c1-8-4-9(5-12)2-3-11(8)18(16,17)13-10(6-14)7-15/h2-4,10,13-15H,6-7H2,1H3. The summed E-state index contributed by atoms with van der Waals surface area (Å²) >= 11 is 0. The van der Waals surface area contributed by atoms with Crippen LogP contribution in [0.2, 0.25) is 0 Å². The SMILES string of the molecule is Cc1cc(C#N)ccc1S(=O)(=O)NC(CO)CO. The van der Waals surface area contributed by atoms with E-state index in [0.717, 1.165) is 0 Å². The molecule has 7 heteroatoms. The van der Waals surface area contributed by atoms with Crippen molar-refractivity contribution in [1.82, 2.24) is 4.72 Å². The molecule has 6 nitrogen and oxygen atoms in total. The lowest BCUT2D eigenvalue weighted by atomic mass is 10.2. The molecule has 1 aromatic rings. The second-order valence-corrected chi connectivity index (χ2v) is 5.46. The zero-order chi connectivity index (χ0) is 13.8. The van der Waals surface area contributed by atoms with E-state index in [2.05, 4.69) is 4.72 Å². The summed E-state index contributed by atoms with van der Waals surface area (Å²) in [5, 5.41) is 26.4. The monoisotopic (exact) mass is 270 g/mol. The number of aliphatic hydroxyl groups excluding tert-OH is 2. The number of nitrogens with zero attached hydrogens (tertiary/aromatic N) is 1. The van der Waals surface area contributed by atoms with Crippen LogP contribution in [0.3, 0.4) is 0 Å². The number of benzene rings is 1. The van der Waals surface area contributed by atoms with Gasteiger partial charge in [0.05, 0.1) is 35.8 Å². The van der Waals surface area contributed by atoms with Crippen LogP contribution in [0.25, 0.3) is 0 Å². The number of rotatable bonds is 5. The number of nitrogens with one attached hydrogen (secondary N) is 1. The van der Waals surface area contributed by atoms with Crippen LogP contribution < -0.4 is 4.72 Å². The van der Waals surface area contributed by atoms with Gasteiger partial charge in [0.1, 0.15) is 0 Å². The highest BCUT2D eigenvalue weighted by Crippen LogP contribution is 2.16. The van der Waals surface area contributed by atoms with Gasteiger partial charge in [0.15, 0.2) is 0 Å². The molecular formula is C11H14N2O4S. The molecule has 0 heterocycles. The fourth-order valence-electron chi connectivity index (χ4n) is 1.44. The van der Waals surface area contributed by atoms with E-state index in [0.29, 0.717) is 11.1 Å². The first-order valence-electron chi connectivity index (χ1n) is 5.19. The van der Waals surface area contributed by atoms with E-state index in [-0.39, 0.29) is 4.90 Å². The molecule has 98 valence electrons. The number of hydrogen-bond acceptors (Lipinski definition) is 5. The predicted octanol–water partition coefficient (Wildman–Crippen LogP) is -0.502. The number of aryl methyl sites for hydroxylation is 1. The van der Waals surface area contributed by atoms with Crippen molar-refractivity contribution in [2.24, 2.45) is 0 Å². The fourth-order valence-corrected chi connectivity index (χ4v) is 2.88. The van der Waals surface area contributed by atoms with Crippen molar-refractivity contribution in [2.45, 2.75) is 17.9 Å². The van der Waals surface area contributed by atoms with Gasteiger partial charge < -0.3 is 10.2 Å². The quantitative estimate of drug-likeness (QED) is 0.668. The van der Waals surface area contributed by atoms with Gasteiger partial charge in [-0.25, -0.2) is 13.1 Å². The van der Waals surface area contributed by atoms with Gasteiger partial charge in [-0.1, -0.05) is 0 Å². The van der Waals surface area contributed by atoms with Gasteiger partial charge in [-0.3, -0.25) is 0 Å². The topological polar surface area (TPSA) is 110 Å². The minimum atomic E-state index is -3.82. The Hall–Kier alpha value is -1.46. The molecule has 0 amide bonds. The molecule has 0 spiro atoms. The average Bonchev–Trinajstić information content (AvgIpc) is 2.35. The van der Waals surface area contributed by atoms with Gasteiger partial charge in [0, 0.05) is 0 Å². The average molecular weight is 270 g/mol. The number of nitriles is 1. The van der Waals surface area contributed by atoms with Crippen LogP contribution in [0.5, 0.6) is 0 Å². The lowest BCUT2D eigenvalue weighted by molar-refractivity contribution is 0.185. The second kappa shape index (κ2) is 5.93. The van der Waals surface area contributed by atoms with E-state index in [1.807, 2.05) is 6.07 Å². The number of aliphatic hydroxyl groups is 2. The van der Waals surface area contributed by atoms with Crippen molar-refractivity contribution in [3.05, 3.63) is 29.3 Å². The Kier molecular flexibility index (Phi) is 4.81. The molecule has 18 heavy (non-hydrogen) atoms. The second-order valence-electron chi connectivity index (χ2n) is 3.78. The van der Waals surface area contributed by atoms with Crippen molar-refractivity contribution in [1.29, 1.82) is 5.26 Å². The van der Waals surface area contributed by atoms with Crippen LogP contribution in [-0.2, 0) is 10.0 Å². The van der Waals surface area contributed by atoms with E-state index < -0.39 is 29.3 Å². The summed E-state index contributed by atoms with van der Waals surface area (Å²) in [5.41, 5.74) is 0.795. The Morgan fingerprint density at radius 1 is 1.39 bits per heavy atom. The first-order valence-corrected chi connectivity index (χ1v) is 6.67. The summed E-state index contributed by atoms with van der Waals surface area (Å²) in [6.45, 7) is 0.582. The summed E-state index contributed by atoms with van der Waals surface area (Å²) in [4.78, 5) is 0.0217. The van der Waals surface area contributed by atoms with Gasteiger partial charge in [-0.15, -0.1) is 0 Å². The summed E-state index contributed by atoms with van der Waals surface area (Å²) < 4.78 is 26.1. The summed E-state index contributed by atoms with van der Waals surface area (Å²) in [5.74, 6) is 0. The fraction of sp³-hybridized carbons (Fsp3) is 0.364. The van der Waals surface area contributed by atoms with Crippen molar-refractivity contribution >= 4 is 10.0 Å². The van der Waals surface area contributed by atoms with Gasteiger partial charge >= 0.3 is 0 Å². The van der Waals surface area contributed by atoms with Crippen LogP contribution in [0, 0.1) is 18.3 Å². The molecule has 0 atom stereocenters. The molecule has 0 aromatic heterocycles. The zero-order valence-electron chi connectivity index (χ0n) is 9.79. The molecule has 3 N–H and O–H groups in total. The summed E-state index contributed by atoms with van der Waals surface area (Å²) in [6.07, 6.45) is 0. The molecule has 0 unspecified atom stereocenters. The number of sulfonamides is 1. The Bertz CT molecular complexity index is 559. The lowest BCUT2D eigenvalue weighted by Gasteiger charge is -2.15. The van der Waals surface area contributed by atoms with Crippen LogP contribution in [-0.4, -0.2) is 37.9 Å². The summed E-state index contributed by atoms with van der Waals surface area (Å²) in [7, 11) is -3.82. The van der Waals surface area contributed by atoms with Crippen LogP contribution >= 0.6 is 0 Å². The molecule has 0 radical (unpaired) electrons. The molecule has 0 bridgehead atoms. The third-order valence-corrected chi connectivity index (χ3v) is 4.04. The van der Waals surface area contributed by atoms with Gasteiger partial charge in [-0.05, 0) is 30.7 Å². The zero-order valence-corrected chi connectivity index (χ0v) is 10.6. The van der Waals surface area contributed by atoms with Gasteiger partial charge in [-0.2, -0.15) is 5.26 Å². The lowest BCUT2D eigenvalue weighted by Crippen LogP contribution is -2.40. The Morgan fingerprint density at radius 2 is 2.00 bits per heavy atom. The number of hydrogen-bond donors (Lipinski definition) is 3. The minimum absolute atomic E-state index is 0.0217. The van der Waals surface area contributed by atoms with E-state index in [9.17, 15) is 8.42 Å². The summed E-state index contributed by atoms with van der Waals surface area (Å²) in [6, 6.07) is 5.15. The molecule has 0 aliphatic rings. The molecule has 0 aliphatic carbocycles. The van der Waals surface area contributed by atoms with E-state index in [4.69, 9.17) is 15.5 Å². The maximum absolute atomic E-state index is 12.0. The van der Waals surface area contributed by atoms with Crippen LogP contribution in [0.4, 0.5) is 0 Å². The van der Waals surface area contributed by atoms with E-state index in [1.54, 1.807) is 6.92 Å². The Morgan fingerprint density at radius 3 is 2.44 bits per heavy atom. The Labute approximate surface area is 106 Å². The largest absolute Gasteiger partial charge is 0.395 e. The first-order chi connectivity index (χ1) is 8.44. The van der Waals surface area contributed by atoms with Crippen LogP contribution in [0.15, 0.2) is 23.1 Å². The maximum Gasteiger partial charge on any atom is 0.241 e. The van der Waals surface area contributed by atoms with Gasteiger partial charge in [0.2, 0.25) is 10.0 Å². The van der Waals surface area contributed by atoms with Crippen LogP contribution in [0.1, 0.15) is 11.1 Å². The molecule has 0 saturated heterocycles. The minimum Gasteiger partial charge on any atom is -0.395 e. The van der Waals surface area contributed by atoms with E-state index >= 15 is 0 Å². The van der Waals surface area contributed by atoms with Crippen molar-refractivity contribution in [3.63, 3.8) is 0 Å². The van der Waals surface area contributed by atoms with Gasteiger partial charge in [0.25, 0.3) is 0 Å². The third-order valence-electron chi connectivity index (χ3n) is 2.36. The Balaban J connectivity index is 3.10. The molecule has 0 fully saturated rings. The third kappa shape index (κ3) is 3.27. The smallest absolute Gasteiger partial charge is 0.241 e. The van der Waals surface area contributed by atoms with Crippen molar-refractivity contribution in [2.75, 3.05) is 13.2 Å². The normalized spacial score (nSPS) is 11.5. The predicted molar refractivity (Wildman–Crippen MR) is 64.2 cm³/mol. The maximum atomic E-state index is 12.0. The first kappa shape index (κ1) is 14.6. The molecule has 0 aliphatic heterocycles. The van der Waals surface area contributed by atoms with Crippen molar-refractivity contribution < 1.29 is 18.6 Å². The molecular weight excluding hydrogens is 256 g/mol. The highest BCUT2D eigenvalue weighted by molar-refractivity contribution is 7.89. The highest BCUT2D eigenvalue weighted by atomic mass is 32.2. The van der Waals surface area contributed by atoms with E-state index in [1.165, 1.54) is 18.2 Å². The highest BCUT2D eigenvalue weighted by Gasteiger charge is 2.21. The molecule has 1 rings (SSSR count). The molecule has 0 saturated carbocycles. The van der Waals surface area contributed by atoms with Crippen molar-refractivity contribution in [3.8, 4) is 6.07 Å².